The number of rotatable bonds is 5. The average Bonchev–Trinajstić information content (AvgIpc) is 2.67. The van der Waals surface area contributed by atoms with Crippen LogP contribution in [0.15, 0.2) is 42.6 Å². The van der Waals surface area contributed by atoms with Crippen molar-refractivity contribution in [1.29, 1.82) is 0 Å². The van der Waals surface area contributed by atoms with E-state index in [2.05, 4.69) is 15.2 Å². The molecule has 1 aliphatic heterocycles. The SMILES string of the molecule is O=C(COc1ccc(C(F)(F)F)cc1)Nc1ccc(N2CCCCC2)cn1. The summed E-state index contributed by atoms with van der Waals surface area (Å²) in [5, 5.41) is 2.60. The van der Waals surface area contributed by atoms with Gasteiger partial charge in [0.25, 0.3) is 5.91 Å². The Morgan fingerprint density at radius 3 is 2.37 bits per heavy atom. The number of aromatic nitrogens is 1. The summed E-state index contributed by atoms with van der Waals surface area (Å²) in [7, 11) is 0. The van der Waals surface area contributed by atoms with E-state index >= 15 is 0 Å². The largest absolute Gasteiger partial charge is 0.484 e. The van der Waals surface area contributed by atoms with Crippen LogP contribution in [-0.2, 0) is 11.0 Å². The Morgan fingerprint density at radius 1 is 1.07 bits per heavy atom. The van der Waals surface area contributed by atoms with Crippen LogP contribution in [0.2, 0.25) is 0 Å². The lowest BCUT2D eigenvalue weighted by atomic mass is 10.1. The van der Waals surface area contributed by atoms with Gasteiger partial charge in [0.2, 0.25) is 0 Å². The van der Waals surface area contributed by atoms with Crippen LogP contribution in [-0.4, -0.2) is 30.6 Å². The molecule has 2 aromatic rings. The fraction of sp³-hybridized carbons (Fsp3) is 0.368. The number of ether oxygens (including phenoxy) is 1. The van der Waals surface area contributed by atoms with Crippen molar-refractivity contribution >= 4 is 17.4 Å². The topological polar surface area (TPSA) is 54.5 Å². The van der Waals surface area contributed by atoms with Crippen LogP contribution in [0, 0.1) is 0 Å². The summed E-state index contributed by atoms with van der Waals surface area (Å²) in [5.74, 6) is 0.149. The number of anilines is 2. The van der Waals surface area contributed by atoms with E-state index in [9.17, 15) is 18.0 Å². The minimum Gasteiger partial charge on any atom is -0.484 e. The Kier molecular flexibility index (Phi) is 5.83. The molecule has 1 aliphatic rings. The molecule has 0 spiro atoms. The normalized spacial score (nSPS) is 14.7. The van der Waals surface area contributed by atoms with Crippen molar-refractivity contribution in [3.63, 3.8) is 0 Å². The summed E-state index contributed by atoms with van der Waals surface area (Å²) >= 11 is 0. The first-order chi connectivity index (χ1) is 12.9. The van der Waals surface area contributed by atoms with Gasteiger partial charge in [0, 0.05) is 13.1 Å². The van der Waals surface area contributed by atoms with Crippen molar-refractivity contribution in [2.45, 2.75) is 25.4 Å². The standard InChI is InChI=1S/C19H20F3N3O2/c20-19(21,22)14-4-7-16(8-5-14)27-13-18(26)24-17-9-6-15(12-23-17)25-10-2-1-3-11-25/h4-9,12H,1-3,10-11,13H2,(H,23,24,26). The van der Waals surface area contributed by atoms with Gasteiger partial charge in [-0.25, -0.2) is 4.98 Å². The zero-order valence-corrected chi connectivity index (χ0v) is 14.6. The molecule has 2 heterocycles. The minimum atomic E-state index is -4.40. The number of alkyl halides is 3. The number of piperidine rings is 1. The van der Waals surface area contributed by atoms with Crippen LogP contribution in [0.1, 0.15) is 24.8 Å². The number of carbonyl (C=O) groups is 1. The third-order valence-corrected chi connectivity index (χ3v) is 4.29. The van der Waals surface area contributed by atoms with E-state index in [1.807, 2.05) is 6.07 Å². The molecule has 3 rings (SSSR count). The molecule has 144 valence electrons. The van der Waals surface area contributed by atoms with Crippen molar-refractivity contribution < 1.29 is 22.7 Å². The first-order valence-corrected chi connectivity index (χ1v) is 8.73. The van der Waals surface area contributed by atoms with E-state index in [4.69, 9.17) is 4.74 Å². The van der Waals surface area contributed by atoms with Crippen molar-refractivity contribution in [1.82, 2.24) is 4.98 Å². The number of amides is 1. The number of hydrogen-bond donors (Lipinski definition) is 1. The fourth-order valence-electron chi connectivity index (χ4n) is 2.87. The second kappa shape index (κ2) is 8.28. The van der Waals surface area contributed by atoms with Crippen molar-refractivity contribution in [3.8, 4) is 5.75 Å². The summed E-state index contributed by atoms with van der Waals surface area (Å²) in [5.41, 5.74) is 0.256. The first-order valence-electron chi connectivity index (χ1n) is 8.73. The highest BCUT2D eigenvalue weighted by molar-refractivity contribution is 5.91. The molecule has 1 fully saturated rings. The number of nitrogens with one attached hydrogen (secondary N) is 1. The molecule has 1 aromatic heterocycles. The van der Waals surface area contributed by atoms with Gasteiger partial charge in [-0.15, -0.1) is 0 Å². The van der Waals surface area contributed by atoms with Crippen LogP contribution in [0.5, 0.6) is 5.75 Å². The molecule has 1 aromatic carbocycles. The maximum Gasteiger partial charge on any atom is 0.416 e. The lowest BCUT2D eigenvalue weighted by Crippen LogP contribution is -2.29. The molecule has 0 radical (unpaired) electrons. The number of halogens is 3. The van der Waals surface area contributed by atoms with E-state index in [0.29, 0.717) is 5.82 Å². The number of pyridine rings is 1. The maximum atomic E-state index is 12.5. The van der Waals surface area contributed by atoms with Crippen molar-refractivity contribution in [3.05, 3.63) is 48.2 Å². The summed E-state index contributed by atoms with van der Waals surface area (Å²) in [6.45, 7) is 1.70. The van der Waals surface area contributed by atoms with Gasteiger partial charge in [0.15, 0.2) is 6.61 Å². The molecule has 27 heavy (non-hydrogen) atoms. The predicted octanol–water partition coefficient (Wildman–Crippen LogP) is 4.11. The van der Waals surface area contributed by atoms with Crippen molar-refractivity contribution in [2.24, 2.45) is 0 Å². The molecule has 1 N–H and O–H groups in total. The summed E-state index contributed by atoms with van der Waals surface area (Å²) in [4.78, 5) is 18.4. The molecule has 1 saturated heterocycles. The molecule has 0 unspecified atom stereocenters. The van der Waals surface area contributed by atoms with Gasteiger partial charge in [-0.2, -0.15) is 13.2 Å². The molecule has 1 amide bonds. The Balaban J connectivity index is 1.49. The number of nitrogens with zero attached hydrogens (tertiary/aromatic N) is 2. The van der Waals surface area contributed by atoms with E-state index in [1.165, 1.54) is 31.4 Å². The van der Waals surface area contributed by atoms with Crippen LogP contribution in [0.25, 0.3) is 0 Å². The van der Waals surface area contributed by atoms with Crippen LogP contribution < -0.4 is 15.0 Å². The van der Waals surface area contributed by atoms with Crippen molar-refractivity contribution in [2.75, 3.05) is 29.9 Å². The van der Waals surface area contributed by atoms with E-state index in [0.717, 1.165) is 30.9 Å². The highest BCUT2D eigenvalue weighted by Gasteiger charge is 2.30. The van der Waals surface area contributed by atoms with Gasteiger partial charge >= 0.3 is 6.18 Å². The van der Waals surface area contributed by atoms with Crippen LogP contribution >= 0.6 is 0 Å². The maximum absolute atomic E-state index is 12.5. The fourth-order valence-corrected chi connectivity index (χ4v) is 2.87. The molecule has 0 aliphatic carbocycles. The van der Waals surface area contributed by atoms with Gasteiger partial charge in [-0.05, 0) is 55.7 Å². The zero-order chi connectivity index (χ0) is 19.3. The third-order valence-electron chi connectivity index (χ3n) is 4.29. The van der Waals surface area contributed by atoms with Gasteiger partial charge in [0.05, 0.1) is 17.4 Å². The van der Waals surface area contributed by atoms with E-state index in [1.54, 1.807) is 12.3 Å². The highest BCUT2D eigenvalue weighted by atomic mass is 19.4. The van der Waals surface area contributed by atoms with Gasteiger partial charge in [-0.1, -0.05) is 0 Å². The van der Waals surface area contributed by atoms with E-state index in [-0.39, 0.29) is 12.4 Å². The van der Waals surface area contributed by atoms with Gasteiger partial charge in [0.1, 0.15) is 11.6 Å². The highest BCUT2D eigenvalue weighted by Crippen LogP contribution is 2.30. The Morgan fingerprint density at radius 2 is 1.78 bits per heavy atom. The molecule has 0 bridgehead atoms. The number of hydrogen-bond acceptors (Lipinski definition) is 4. The molecule has 8 heteroatoms. The summed E-state index contributed by atoms with van der Waals surface area (Å²) in [6, 6.07) is 7.82. The zero-order valence-electron chi connectivity index (χ0n) is 14.6. The van der Waals surface area contributed by atoms with Crippen LogP contribution in [0.4, 0.5) is 24.7 Å². The van der Waals surface area contributed by atoms with E-state index < -0.39 is 17.6 Å². The third kappa shape index (κ3) is 5.35. The molecular weight excluding hydrogens is 359 g/mol. The second-order valence-electron chi connectivity index (χ2n) is 6.31. The number of carbonyl (C=O) groups excluding carboxylic acids is 1. The molecule has 5 nitrogen and oxygen atoms in total. The summed E-state index contributed by atoms with van der Waals surface area (Å²) in [6.07, 6.45) is 0.899. The Bertz CT molecular complexity index is 755. The lowest BCUT2D eigenvalue weighted by molar-refractivity contribution is -0.137. The summed E-state index contributed by atoms with van der Waals surface area (Å²) < 4.78 is 42.7. The lowest BCUT2D eigenvalue weighted by Gasteiger charge is -2.28. The average molecular weight is 379 g/mol. The minimum absolute atomic E-state index is 0.187. The quantitative estimate of drug-likeness (QED) is 0.850. The number of benzene rings is 1. The van der Waals surface area contributed by atoms with Crippen LogP contribution in [0.3, 0.4) is 0 Å². The predicted molar refractivity (Wildman–Crippen MR) is 95.9 cm³/mol. The Hall–Kier alpha value is -2.77. The van der Waals surface area contributed by atoms with Gasteiger partial charge < -0.3 is 15.0 Å². The monoisotopic (exact) mass is 379 g/mol. The van der Waals surface area contributed by atoms with Gasteiger partial charge in [-0.3, -0.25) is 4.79 Å². The molecule has 0 atom stereocenters. The Labute approximate surface area is 155 Å². The smallest absolute Gasteiger partial charge is 0.416 e. The molecule has 0 saturated carbocycles. The molecular formula is C19H20F3N3O2. The first kappa shape index (κ1) is 19.0. The second-order valence-corrected chi connectivity index (χ2v) is 6.31.